The highest BCUT2D eigenvalue weighted by Crippen LogP contribution is 2.30. The standard InChI is InChI=1S/C18H16BrN3O2/c19-13-4-6-14(7-5-13)22-11-12(10-20-22)18(23)21-16-2-1-3-17-15(16)8-9-24-17/h4-11,16H,1-3H2,(H,21,23). The zero-order chi connectivity index (χ0) is 16.5. The topological polar surface area (TPSA) is 60.1 Å². The Balaban J connectivity index is 1.51. The number of aryl methyl sites for hydroxylation is 1. The third-order valence-corrected chi connectivity index (χ3v) is 4.82. The van der Waals surface area contributed by atoms with Crippen LogP contribution in [-0.4, -0.2) is 15.7 Å². The van der Waals surface area contributed by atoms with E-state index in [0.717, 1.165) is 40.7 Å². The minimum Gasteiger partial charge on any atom is -0.469 e. The SMILES string of the molecule is O=C(NC1CCCc2occc21)c1cnn(-c2ccc(Br)cc2)c1. The van der Waals surface area contributed by atoms with Gasteiger partial charge in [-0.1, -0.05) is 15.9 Å². The molecule has 0 saturated heterocycles. The molecule has 4 rings (SSSR count). The normalized spacial score (nSPS) is 16.6. The summed E-state index contributed by atoms with van der Waals surface area (Å²) >= 11 is 3.41. The predicted molar refractivity (Wildman–Crippen MR) is 93.1 cm³/mol. The third kappa shape index (κ3) is 2.89. The summed E-state index contributed by atoms with van der Waals surface area (Å²) in [7, 11) is 0. The van der Waals surface area contributed by atoms with Gasteiger partial charge in [-0.2, -0.15) is 5.10 Å². The second kappa shape index (κ2) is 6.28. The van der Waals surface area contributed by atoms with Crippen molar-refractivity contribution in [2.24, 2.45) is 0 Å². The number of aromatic nitrogens is 2. The lowest BCUT2D eigenvalue weighted by molar-refractivity contribution is 0.0932. The first-order valence-electron chi connectivity index (χ1n) is 7.88. The van der Waals surface area contributed by atoms with Crippen LogP contribution in [0.25, 0.3) is 5.69 Å². The van der Waals surface area contributed by atoms with Crippen molar-refractivity contribution in [2.75, 3.05) is 0 Å². The molecular formula is C18H16BrN3O2. The molecule has 2 aromatic heterocycles. The quantitative estimate of drug-likeness (QED) is 0.739. The summed E-state index contributed by atoms with van der Waals surface area (Å²) in [5.41, 5.74) is 2.55. The van der Waals surface area contributed by atoms with Crippen molar-refractivity contribution in [3.63, 3.8) is 0 Å². The molecule has 0 fully saturated rings. The number of fused-ring (bicyclic) bond motifs is 1. The highest BCUT2D eigenvalue weighted by molar-refractivity contribution is 9.10. The van der Waals surface area contributed by atoms with E-state index in [1.54, 1.807) is 23.3 Å². The van der Waals surface area contributed by atoms with Crippen LogP contribution in [0.5, 0.6) is 0 Å². The molecule has 1 aliphatic rings. The summed E-state index contributed by atoms with van der Waals surface area (Å²) in [4.78, 5) is 12.5. The first-order chi connectivity index (χ1) is 11.7. The summed E-state index contributed by atoms with van der Waals surface area (Å²) in [5, 5.41) is 7.38. The van der Waals surface area contributed by atoms with Crippen molar-refractivity contribution in [2.45, 2.75) is 25.3 Å². The number of rotatable bonds is 3. The van der Waals surface area contributed by atoms with E-state index in [0.29, 0.717) is 5.56 Å². The summed E-state index contributed by atoms with van der Waals surface area (Å²) < 4.78 is 8.18. The van der Waals surface area contributed by atoms with Gasteiger partial charge in [0.15, 0.2) is 0 Å². The maximum Gasteiger partial charge on any atom is 0.254 e. The van der Waals surface area contributed by atoms with Gasteiger partial charge in [0.25, 0.3) is 5.91 Å². The van der Waals surface area contributed by atoms with Crippen molar-refractivity contribution in [1.82, 2.24) is 15.1 Å². The Kier molecular flexibility index (Phi) is 3.98. The van der Waals surface area contributed by atoms with Gasteiger partial charge in [0.1, 0.15) is 5.76 Å². The molecule has 0 saturated carbocycles. The van der Waals surface area contributed by atoms with E-state index in [1.165, 1.54) is 0 Å². The second-order valence-electron chi connectivity index (χ2n) is 5.87. The van der Waals surface area contributed by atoms with Gasteiger partial charge >= 0.3 is 0 Å². The molecule has 1 atom stereocenters. The number of hydrogen-bond acceptors (Lipinski definition) is 3. The second-order valence-corrected chi connectivity index (χ2v) is 6.78. The van der Waals surface area contributed by atoms with Crippen molar-refractivity contribution >= 4 is 21.8 Å². The maximum absolute atomic E-state index is 12.5. The molecule has 0 bridgehead atoms. The Hall–Kier alpha value is -2.34. The molecule has 1 unspecified atom stereocenters. The number of halogens is 1. The van der Waals surface area contributed by atoms with Crippen molar-refractivity contribution in [3.8, 4) is 5.69 Å². The lowest BCUT2D eigenvalue weighted by atomic mass is 9.93. The highest BCUT2D eigenvalue weighted by Gasteiger charge is 2.24. The summed E-state index contributed by atoms with van der Waals surface area (Å²) in [6.45, 7) is 0. The Bertz CT molecular complexity index is 867. The average molecular weight is 386 g/mol. The largest absolute Gasteiger partial charge is 0.469 e. The lowest BCUT2D eigenvalue weighted by Gasteiger charge is -2.22. The molecule has 24 heavy (non-hydrogen) atoms. The van der Waals surface area contributed by atoms with Gasteiger partial charge < -0.3 is 9.73 Å². The van der Waals surface area contributed by atoms with Crippen LogP contribution in [0.3, 0.4) is 0 Å². The Morgan fingerprint density at radius 1 is 1.29 bits per heavy atom. The van der Waals surface area contributed by atoms with E-state index >= 15 is 0 Å². The Morgan fingerprint density at radius 2 is 2.12 bits per heavy atom. The molecule has 0 spiro atoms. The average Bonchev–Trinajstić information content (AvgIpc) is 3.25. The van der Waals surface area contributed by atoms with Crippen molar-refractivity contribution in [3.05, 3.63) is 70.3 Å². The Labute approximate surface area is 147 Å². The predicted octanol–water partition coefficient (Wildman–Crippen LogP) is 4.04. The molecule has 3 aromatic rings. The van der Waals surface area contributed by atoms with Gasteiger partial charge in [0.2, 0.25) is 0 Å². The molecule has 1 aliphatic carbocycles. The minimum atomic E-state index is -0.114. The fourth-order valence-electron chi connectivity index (χ4n) is 3.05. The fourth-order valence-corrected chi connectivity index (χ4v) is 3.32. The van der Waals surface area contributed by atoms with Crippen molar-refractivity contribution in [1.29, 1.82) is 0 Å². The van der Waals surface area contributed by atoms with E-state index in [2.05, 4.69) is 26.3 Å². The first kappa shape index (κ1) is 15.2. The molecule has 0 radical (unpaired) electrons. The first-order valence-corrected chi connectivity index (χ1v) is 8.68. The zero-order valence-corrected chi connectivity index (χ0v) is 14.5. The van der Waals surface area contributed by atoms with Crippen LogP contribution in [0.1, 0.15) is 40.6 Å². The van der Waals surface area contributed by atoms with E-state index in [-0.39, 0.29) is 11.9 Å². The smallest absolute Gasteiger partial charge is 0.254 e. The minimum absolute atomic E-state index is 0.0102. The van der Waals surface area contributed by atoms with E-state index in [4.69, 9.17) is 4.42 Å². The van der Waals surface area contributed by atoms with E-state index in [1.807, 2.05) is 30.3 Å². The van der Waals surface area contributed by atoms with Crippen LogP contribution in [0.15, 0.2) is 57.9 Å². The number of furan rings is 1. The van der Waals surface area contributed by atoms with E-state index in [9.17, 15) is 4.79 Å². The molecular weight excluding hydrogens is 370 g/mol. The summed E-state index contributed by atoms with van der Waals surface area (Å²) in [6, 6.07) is 9.73. The van der Waals surface area contributed by atoms with Crippen LogP contribution < -0.4 is 5.32 Å². The molecule has 5 nitrogen and oxygen atoms in total. The maximum atomic E-state index is 12.5. The molecule has 6 heteroatoms. The molecule has 1 N–H and O–H groups in total. The Morgan fingerprint density at radius 3 is 2.96 bits per heavy atom. The molecule has 1 amide bonds. The molecule has 0 aliphatic heterocycles. The number of nitrogens with one attached hydrogen (secondary N) is 1. The number of carbonyl (C=O) groups excluding carboxylic acids is 1. The molecule has 2 heterocycles. The van der Waals surface area contributed by atoms with E-state index < -0.39 is 0 Å². The van der Waals surface area contributed by atoms with Crippen LogP contribution in [0.4, 0.5) is 0 Å². The number of nitrogens with zero attached hydrogens (tertiary/aromatic N) is 2. The van der Waals surface area contributed by atoms with Crippen molar-refractivity contribution < 1.29 is 9.21 Å². The monoisotopic (exact) mass is 385 g/mol. The fraction of sp³-hybridized carbons (Fsp3) is 0.222. The number of benzene rings is 1. The van der Waals surface area contributed by atoms with Crippen LogP contribution >= 0.6 is 15.9 Å². The van der Waals surface area contributed by atoms with Crippen LogP contribution in [-0.2, 0) is 6.42 Å². The number of hydrogen-bond donors (Lipinski definition) is 1. The third-order valence-electron chi connectivity index (χ3n) is 4.29. The van der Waals surface area contributed by atoms with Gasteiger partial charge in [-0.05, 0) is 43.2 Å². The van der Waals surface area contributed by atoms with Crippen LogP contribution in [0, 0.1) is 0 Å². The summed E-state index contributed by atoms with van der Waals surface area (Å²) in [6.07, 6.45) is 7.92. The molecule has 1 aromatic carbocycles. The van der Waals surface area contributed by atoms with Gasteiger partial charge in [-0.15, -0.1) is 0 Å². The van der Waals surface area contributed by atoms with Gasteiger partial charge in [0.05, 0.1) is 29.8 Å². The van der Waals surface area contributed by atoms with Gasteiger partial charge in [-0.3, -0.25) is 4.79 Å². The highest BCUT2D eigenvalue weighted by atomic mass is 79.9. The van der Waals surface area contributed by atoms with Gasteiger partial charge in [-0.25, -0.2) is 4.68 Å². The number of carbonyl (C=O) groups is 1. The zero-order valence-electron chi connectivity index (χ0n) is 12.9. The number of amides is 1. The van der Waals surface area contributed by atoms with Crippen LogP contribution in [0.2, 0.25) is 0 Å². The lowest BCUT2D eigenvalue weighted by Crippen LogP contribution is -2.30. The molecule has 122 valence electrons. The van der Waals surface area contributed by atoms with Gasteiger partial charge in [0, 0.05) is 22.7 Å². The summed E-state index contributed by atoms with van der Waals surface area (Å²) in [5.74, 6) is 0.870.